The molecule has 0 saturated heterocycles. The van der Waals surface area contributed by atoms with Gasteiger partial charge in [-0.15, -0.1) is 0 Å². The van der Waals surface area contributed by atoms with Crippen LogP contribution in [0.3, 0.4) is 0 Å². The number of rotatable bonds is 8. The van der Waals surface area contributed by atoms with Crippen molar-refractivity contribution in [2.24, 2.45) is 0 Å². The lowest BCUT2D eigenvalue weighted by atomic mass is 10.0. The van der Waals surface area contributed by atoms with Gasteiger partial charge >= 0.3 is 0 Å². The predicted molar refractivity (Wildman–Crippen MR) is 134 cm³/mol. The summed E-state index contributed by atoms with van der Waals surface area (Å²) in [7, 11) is 0. The highest BCUT2D eigenvalue weighted by Gasteiger charge is 2.12. The van der Waals surface area contributed by atoms with E-state index in [0.29, 0.717) is 0 Å². The maximum absolute atomic E-state index is 4.54. The van der Waals surface area contributed by atoms with Crippen molar-refractivity contribution >= 4 is 17.2 Å². The number of nitrogens with one attached hydrogen (secondary N) is 2. The molecular formula is C28H30N4. The molecule has 0 bridgehead atoms. The summed E-state index contributed by atoms with van der Waals surface area (Å²) in [5.41, 5.74) is 7.76. The third kappa shape index (κ3) is 4.92. The standard InChI is InChI=1S/C28H30N4/c1-5-26(23-11-9-10-20(2)16-23)30-22(4)24-14-15-32(19-24)27-17-28(29-18-21(27)3)31-25-12-7-6-8-13-25/h6-19,26,30H,4-5H2,1-3H3,(H,29,31). The topological polar surface area (TPSA) is 41.9 Å². The van der Waals surface area contributed by atoms with Crippen molar-refractivity contribution in [1.82, 2.24) is 14.9 Å². The van der Waals surface area contributed by atoms with Crippen molar-refractivity contribution in [2.75, 3.05) is 5.32 Å². The van der Waals surface area contributed by atoms with Crippen molar-refractivity contribution in [3.05, 3.63) is 114 Å². The van der Waals surface area contributed by atoms with Gasteiger partial charge in [0.25, 0.3) is 0 Å². The average molecular weight is 423 g/mol. The van der Waals surface area contributed by atoms with Gasteiger partial charge in [0.05, 0.1) is 11.7 Å². The molecule has 0 aliphatic rings. The Morgan fingerprint density at radius 3 is 2.59 bits per heavy atom. The molecule has 1 unspecified atom stereocenters. The molecule has 4 heteroatoms. The molecule has 2 N–H and O–H groups in total. The summed E-state index contributed by atoms with van der Waals surface area (Å²) in [5.74, 6) is 0.814. The van der Waals surface area contributed by atoms with E-state index in [9.17, 15) is 0 Å². The second-order valence-corrected chi connectivity index (χ2v) is 8.15. The summed E-state index contributed by atoms with van der Waals surface area (Å²) in [4.78, 5) is 4.54. The zero-order valence-corrected chi connectivity index (χ0v) is 19.0. The largest absolute Gasteiger partial charge is 0.378 e. The second kappa shape index (κ2) is 9.56. The number of para-hydroxylation sites is 1. The van der Waals surface area contributed by atoms with Crippen LogP contribution < -0.4 is 10.6 Å². The molecule has 0 spiro atoms. The quantitative estimate of drug-likeness (QED) is 0.323. The molecule has 4 nitrogen and oxygen atoms in total. The highest BCUT2D eigenvalue weighted by Crippen LogP contribution is 2.25. The molecule has 2 heterocycles. The third-order valence-corrected chi connectivity index (χ3v) is 5.64. The Bertz CT molecular complexity index is 1210. The maximum Gasteiger partial charge on any atom is 0.132 e. The van der Waals surface area contributed by atoms with Gasteiger partial charge in [0, 0.05) is 41.6 Å². The van der Waals surface area contributed by atoms with Crippen LogP contribution in [0.5, 0.6) is 0 Å². The van der Waals surface area contributed by atoms with Crippen molar-refractivity contribution in [3.8, 4) is 5.69 Å². The Labute approximate surface area is 190 Å². The minimum absolute atomic E-state index is 0.232. The number of nitrogens with zero attached hydrogens (tertiary/aromatic N) is 2. The third-order valence-electron chi connectivity index (χ3n) is 5.64. The lowest BCUT2D eigenvalue weighted by Gasteiger charge is -2.20. The van der Waals surface area contributed by atoms with Gasteiger partial charge in [-0.25, -0.2) is 4.98 Å². The van der Waals surface area contributed by atoms with E-state index in [0.717, 1.165) is 40.4 Å². The van der Waals surface area contributed by atoms with E-state index in [1.54, 1.807) is 0 Å². The average Bonchev–Trinajstić information content (AvgIpc) is 3.29. The number of aromatic nitrogens is 2. The molecule has 162 valence electrons. The van der Waals surface area contributed by atoms with Crippen LogP contribution in [0.2, 0.25) is 0 Å². The van der Waals surface area contributed by atoms with Crippen LogP contribution in [0.25, 0.3) is 11.4 Å². The van der Waals surface area contributed by atoms with Crippen LogP contribution in [0.15, 0.2) is 91.9 Å². The molecule has 2 aromatic carbocycles. The first-order valence-corrected chi connectivity index (χ1v) is 11.0. The first kappa shape index (κ1) is 21.4. The van der Waals surface area contributed by atoms with Gasteiger partial charge in [0.1, 0.15) is 5.82 Å². The minimum Gasteiger partial charge on any atom is -0.378 e. The monoisotopic (exact) mass is 422 g/mol. The normalized spacial score (nSPS) is 11.7. The molecule has 0 aliphatic carbocycles. The molecular weight excluding hydrogens is 392 g/mol. The van der Waals surface area contributed by atoms with E-state index in [4.69, 9.17) is 0 Å². The van der Waals surface area contributed by atoms with E-state index in [1.807, 2.05) is 36.5 Å². The van der Waals surface area contributed by atoms with Gasteiger partial charge in [0.15, 0.2) is 0 Å². The summed E-state index contributed by atoms with van der Waals surface area (Å²) in [5, 5.41) is 6.99. The van der Waals surface area contributed by atoms with Gasteiger partial charge in [0.2, 0.25) is 0 Å². The Balaban J connectivity index is 1.53. The minimum atomic E-state index is 0.232. The first-order chi connectivity index (χ1) is 15.5. The van der Waals surface area contributed by atoms with E-state index < -0.39 is 0 Å². The van der Waals surface area contributed by atoms with Crippen LogP contribution in [0.4, 0.5) is 11.5 Å². The molecule has 0 fully saturated rings. The Kier molecular flexibility index (Phi) is 6.41. The van der Waals surface area contributed by atoms with Gasteiger partial charge in [-0.1, -0.05) is 61.5 Å². The summed E-state index contributed by atoms with van der Waals surface area (Å²) in [6.07, 6.45) is 7.08. The van der Waals surface area contributed by atoms with E-state index in [1.165, 1.54) is 11.1 Å². The van der Waals surface area contributed by atoms with Crippen molar-refractivity contribution in [1.29, 1.82) is 0 Å². The number of pyridine rings is 1. The highest BCUT2D eigenvalue weighted by atomic mass is 15.0. The number of hydrogen-bond donors (Lipinski definition) is 2. The van der Waals surface area contributed by atoms with Crippen LogP contribution in [0.1, 0.15) is 41.6 Å². The fourth-order valence-corrected chi connectivity index (χ4v) is 3.86. The lowest BCUT2D eigenvalue weighted by molar-refractivity contribution is 0.614. The van der Waals surface area contributed by atoms with Gasteiger partial charge in [-0.3, -0.25) is 0 Å². The molecule has 4 aromatic rings. The number of hydrogen-bond acceptors (Lipinski definition) is 3. The molecule has 4 rings (SSSR count). The Morgan fingerprint density at radius 1 is 1.03 bits per heavy atom. The molecule has 0 saturated carbocycles. The van der Waals surface area contributed by atoms with Crippen LogP contribution in [-0.2, 0) is 0 Å². The fourth-order valence-electron chi connectivity index (χ4n) is 3.86. The molecule has 32 heavy (non-hydrogen) atoms. The molecule has 1 atom stereocenters. The fraction of sp³-hybridized carbons (Fsp3) is 0.179. The number of anilines is 2. The SMILES string of the molecule is C=C(NC(CC)c1cccc(C)c1)c1ccn(-c2cc(Nc3ccccc3)ncc2C)c1. The van der Waals surface area contributed by atoms with Crippen LogP contribution in [0, 0.1) is 13.8 Å². The number of benzene rings is 2. The smallest absolute Gasteiger partial charge is 0.132 e. The van der Waals surface area contributed by atoms with Crippen LogP contribution in [-0.4, -0.2) is 9.55 Å². The summed E-state index contributed by atoms with van der Waals surface area (Å²) in [6.45, 7) is 10.7. The first-order valence-electron chi connectivity index (χ1n) is 11.0. The van der Waals surface area contributed by atoms with Gasteiger partial charge in [-0.05, 0) is 49.6 Å². The maximum atomic E-state index is 4.54. The van der Waals surface area contributed by atoms with Crippen molar-refractivity contribution in [3.63, 3.8) is 0 Å². The van der Waals surface area contributed by atoms with Crippen molar-refractivity contribution < 1.29 is 0 Å². The van der Waals surface area contributed by atoms with E-state index in [-0.39, 0.29) is 6.04 Å². The van der Waals surface area contributed by atoms with Crippen LogP contribution >= 0.6 is 0 Å². The second-order valence-electron chi connectivity index (χ2n) is 8.15. The Morgan fingerprint density at radius 2 is 1.84 bits per heavy atom. The van der Waals surface area contributed by atoms with Gasteiger partial charge < -0.3 is 15.2 Å². The molecule has 0 aliphatic heterocycles. The number of aryl methyl sites for hydroxylation is 2. The van der Waals surface area contributed by atoms with E-state index in [2.05, 4.69) is 96.3 Å². The summed E-state index contributed by atoms with van der Waals surface area (Å²) < 4.78 is 2.13. The predicted octanol–water partition coefficient (Wildman–Crippen LogP) is 6.94. The summed E-state index contributed by atoms with van der Waals surface area (Å²) in [6, 6.07) is 23.1. The lowest BCUT2D eigenvalue weighted by Crippen LogP contribution is -2.18. The molecule has 0 amide bonds. The zero-order valence-electron chi connectivity index (χ0n) is 19.0. The molecule has 0 radical (unpaired) electrons. The van der Waals surface area contributed by atoms with Crippen molar-refractivity contribution in [2.45, 2.75) is 33.2 Å². The summed E-state index contributed by atoms with van der Waals surface area (Å²) >= 11 is 0. The Hall–Kier alpha value is -3.79. The highest BCUT2D eigenvalue weighted by molar-refractivity contribution is 5.64. The molecule has 2 aromatic heterocycles. The van der Waals surface area contributed by atoms with Gasteiger partial charge in [-0.2, -0.15) is 0 Å². The van der Waals surface area contributed by atoms with E-state index >= 15 is 0 Å². The zero-order chi connectivity index (χ0) is 22.5.